The van der Waals surface area contributed by atoms with Crippen LogP contribution < -0.4 is 0 Å². The normalized spacial score (nSPS) is 11.7. The second-order valence-corrected chi connectivity index (χ2v) is 6.64. The van der Waals surface area contributed by atoms with Crippen molar-refractivity contribution in [3.63, 3.8) is 0 Å². The van der Waals surface area contributed by atoms with Crippen LogP contribution in [0.5, 0.6) is 0 Å². The molecule has 0 fully saturated rings. The van der Waals surface area contributed by atoms with E-state index in [9.17, 15) is 0 Å². The van der Waals surface area contributed by atoms with E-state index in [1.54, 1.807) is 0 Å². The van der Waals surface area contributed by atoms with Crippen LogP contribution in [-0.2, 0) is 0 Å². The molecule has 0 aromatic rings. The van der Waals surface area contributed by atoms with Gasteiger partial charge in [0, 0.05) is 0 Å². The molecule has 0 radical (unpaired) electrons. The van der Waals surface area contributed by atoms with Crippen molar-refractivity contribution in [3.05, 3.63) is 36.5 Å². The molecule has 0 aromatic carbocycles. The SMILES string of the molecule is C=C(C)CCCCCCCCC/C=C\C/C=C\CCCCC. The fourth-order valence-corrected chi connectivity index (χ4v) is 2.59. The summed E-state index contributed by atoms with van der Waals surface area (Å²) in [6.45, 7) is 8.35. The fraction of sp³-hybridized carbons (Fsp3) is 0.727. The van der Waals surface area contributed by atoms with E-state index in [1.165, 1.54) is 89.0 Å². The minimum atomic E-state index is 1.12. The third-order valence-electron chi connectivity index (χ3n) is 4.05. The molecule has 0 aliphatic rings. The van der Waals surface area contributed by atoms with Gasteiger partial charge in [-0.1, -0.05) is 81.7 Å². The molecule has 128 valence electrons. The summed E-state index contributed by atoms with van der Waals surface area (Å²) in [5.41, 5.74) is 1.34. The van der Waals surface area contributed by atoms with Crippen molar-refractivity contribution in [2.24, 2.45) is 0 Å². The Morgan fingerprint density at radius 3 is 1.73 bits per heavy atom. The molecule has 22 heavy (non-hydrogen) atoms. The maximum Gasteiger partial charge on any atom is -0.0169 e. The highest BCUT2D eigenvalue weighted by atomic mass is 14.0. The van der Waals surface area contributed by atoms with Crippen LogP contribution in [0.2, 0.25) is 0 Å². The molecule has 0 heterocycles. The maximum absolute atomic E-state index is 3.96. The van der Waals surface area contributed by atoms with Gasteiger partial charge >= 0.3 is 0 Å². The number of unbranched alkanes of at least 4 members (excludes halogenated alkanes) is 10. The molecule has 0 heteroatoms. The third kappa shape index (κ3) is 19.2. The van der Waals surface area contributed by atoms with Gasteiger partial charge in [0.2, 0.25) is 0 Å². The Labute approximate surface area is 140 Å². The lowest BCUT2D eigenvalue weighted by atomic mass is 10.1. The summed E-state index contributed by atoms with van der Waals surface area (Å²) in [5, 5.41) is 0. The zero-order valence-electron chi connectivity index (χ0n) is 15.4. The molecular formula is C22H40. The first-order valence-corrected chi connectivity index (χ1v) is 9.71. The van der Waals surface area contributed by atoms with Gasteiger partial charge in [0.15, 0.2) is 0 Å². The fourth-order valence-electron chi connectivity index (χ4n) is 2.59. The van der Waals surface area contributed by atoms with Gasteiger partial charge in [0.1, 0.15) is 0 Å². The molecule has 0 atom stereocenters. The third-order valence-corrected chi connectivity index (χ3v) is 4.05. The minimum Gasteiger partial charge on any atom is -0.100 e. The number of allylic oxidation sites excluding steroid dienone is 5. The predicted octanol–water partition coefficient (Wildman–Crippen LogP) is 8.16. The van der Waals surface area contributed by atoms with E-state index in [4.69, 9.17) is 0 Å². The average molecular weight is 305 g/mol. The first-order chi connectivity index (χ1) is 10.8. The van der Waals surface area contributed by atoms with E-state index in [0.717, 1.165) is 6.42 Å². The van der Waals surface area contributed by atoms with Crippen LogP contribution in [-0.4, -0.2) is 0 Å². The summed E-state index contributed by atoms with van der Waals surface area (Å²) in [7, 11) is 0. The van der Waals surface area contributed by atoms with Gasteiger partial charge in [-0.25, -0.2) is 0 Å². The lowest BCUT2D eigenvalue weighted by molar-refractivity contribution is 0.581. The van der Waals surface area contributed by atoms with Crippen molar-refractivity contribution < 1.29 is 0 Å². The predicted molar refractivity (Wildman–Crippen MR) is 103 cm³/mol. The van der Waals surface area contributed by atoms with E-state index in [2.05, 4.69) is 44.7 Å². The lowest BCUT2D eigenvalue weighted by Crippen LogP contribution is -1.81. The second-order valence-electron chi connectivity index (χ2n) is 6.64. The highest BCUT2D eigenvalue weighted by Gasteiger charge is 1.92. The van der Waals surface area contributed by atoms with Gasteiger partial charge in [-0.15, -0.1) is 6.58 Å². The second kappa shape index (κ2) is 18.3. The molecule has 0 saturated heterocycles. The van der Waals surface area contributed by atoms with Crippen molar-refractivity contribution in [3.8, 4) is 0 Å². The van der Waals surface area contributed by atoms with E-state index >= 15 is 0 Å². The van der Waals surface area contributed by atoms with Crippen LogP contribution in [0.15, 0.2) is 36.5 Å². The molecule has 0 saturated carbocycles. The van der Waals surface area contributed by atoms with Crippen LogP contribution in [0.1, 0.15) is 104 Å². The highest BCUT2D eigenvalue weighted by molar-refractivity contribution is 4.92. The topological polar surface area (TPSA) is 0 Å². The van der Waals surface area contributed by atoms with Crippen molar-refractivity contribution >= 4 is 0 Å². The van der Waals surface area contributed by atoms with E-state index in [1.807, 2.05) is 0 Å². The molecular weight excluding hydrogens is 264 g/mol. The van der Waals surface area contributed by atoms with Crippen molar-refractivity contribution in [2.75, 3.05) is 0 Å². The molecule has 0 amide bonds. The monoisotopic (exact) mass is 304 g/mol. The summed E-state index contributed by atoms with van der Waals surface area (Å²) in [6.07, 6.45) is 28.0. The zero-order chi connectivity index (χ0) is 16.3. The lowest BCUT2D eigenvalue weighted by Gasteiger charge is -2.01. The number of hydrogen-bond donors (Lipinski definition) is 0. The largest absolute Gasteiger partial charge is 0.100 e. The molecule has 0 spiro atoms. The first kappa shape index (κ1) is 21.2. The Hall–Kier alpha value is -0.780. The van der Waals surface area contributed by atoms with Crippen molar-refractivity contribution in [2.45, 2.75) is 104 Å². The van der Waals surface area contributed by atoms with Gasteiger partial charge in [0.05, 0.1) is 0 Å². The Kier molecular flexibility index (Phi) is 17.6. The first-order valence-electron chi connectivity index (χ1n) is 9.71. The summed E-state index contributed by atoms with van der Waals surface area (Å²) in [6, 6.07) is 0. The summed E-state index contributed by atoms with van der Waals surface area (Å²) < 4.78 is 0. The number of rotatable bonds is 16. The van der Waals surface area contributed by atoms with Crippen LogP contribution in [0, 0.1) is 0 Å². The molecule has 0 aliphatic carbocycles. The Morgan fingerprint density at radius 2 is 1.18 bits per heavy atom. The maximum atomic E-state index is 3.96. The summed E-state index contributed by atoms with van der Waals surface area (Å²) >= 11 is 0. The molecule has 0 nitrogen and oxygen atoms in total. The molecule has 0 aromatic heterocycles. The highest BCUT2D eigenvalue weighted by Crippen LogP contribution is 2.12. The van der Waals surface area contributed by atoms with E-state index in [0.29, 0.717) is 0 Å². The standard InChI is InChI=1S/C22H40/c1-4-5-6-7-8-9-10-11-12-13-14-15-16-17-18-19-20-21-22(2)3/h8-9,11-12H,2,4-7,10,13-21H2,1,3H3/b9-8-,12-11-. The summed E-state index contributed by atoms with van der Waals surface area (Å²) in [4.78, 5) is 0. The molecule has 0 bridgehead atoms. The quantitative estimate of drug-likeness (QED) is 0.199. The summed E-state index contributed by atoms with van der Waals surface area (Å²) in [5.74, 6) is 0. The Balaban J connectivity index is 3.15. The number of hydrogen-bond acceptors (Lipinski definition) is 0. The van der Waals surface area contributed by atoms with Crippen LogP contribution in [0.3, 0.4) is 0 Å². The molecule has 0 unspecified atom stereocenters. The Bertz CT molecular complexity index is 282. The van der Waals surface area contributed by atoms with Gasteiger partial charge in [-0.05, 0) is 51.9 Å². The van der Waals surface area contributed by atoms with E-state index in [-0.39, 0.29) is 0 Å². The van der Waals surface area contributed by atoms with Gasteiger partial charge in [0.25, 0.3) is 0 Å². The van der Waals surface area contributed by atoms with Crippen LogP contribution >= 0.6 is 0 Å². The molecule has 0 N–H and O–H groups in total. The van der Waals surface area contributed by atoms with E-state index < -0.39 is 0 Å². The van der Waals surface area contributed by atoms with Crippen molar-refractivity contribution in [1.82, 2.24) is 0 Å². The van der Waals surface area contributed by atoms with Crippen LogP contribution in [0.25, 0.3) is 0 Å². The van der Waals surface area contributed by atoms with Gasteiger partial charge < -0.3 is 0 Å². The minimum absolute atomic E-state index is 1.12. The molecule has 0 aliphatic heterocycles. The van der Waals surface area contributed by atoms with Gasteiger partial charge in [-0.2, -0.15) is 0 Å². The molecule has 0 rings (SSSR count). The van der Waals surface area contributed by atoms with Gasteiger partial charge in [-0.3, -0.25) is 0 Å². The average Bonchev–Trinajstić information content (AvgIpc) is 2.50. The van der Waals surface area contributed by atoms with Crippen molar-refractivity contribution in [1.29, 1.82) is 0 Å². The smallest absolute Gasteiger partial charge is 0.0169 e. The van der Waals surface area contributed by atoms with Crippen LogP contribution in [0.4, 0.5) is 0 Å². The Morgan fingerprint density at radius 1 is 0.682 bits per heavy atom. The zero-order valence-corrected chi connectivity index (χ0v) is 15.4.